The summed E-state index contributed by atoms with van der Waals surface area (Å²) in [6, 6.07) is 0. The van der Waals surface area contributed by atoms with Crippen LogP contribution in [0.5, 0.6) is 0 Å². The first kappa shape index (κ1) is 11.2. The molecule has 0 radical (unpaired) electrons. The Bertz CT molecular complexity index is 192. The van der Waals surface area contributed by atoms with Gasteiger partial charge in [-0.2, -0.15) is 0 Å². The first-order valence-corrected chi connectivity index (χ1v) is 6.20. The third-order valence-electron chi connectivity index (χ3n) is 2.03. The van der Waals surface area contributed by atoms with Crippen molar-refractivity contribution in [3.8, 4) is 0 Å². The highest BCUT2D eigenvalue weighted by atomic mass is 31.2. The van der Waals surface area contributed by atoms with Gasteiger partial charge in [0.15, 0.2) is 0 Å². The Balaban J connectivity index is 2.27. The first-order chi connectivity index (χ1) is 6.14. The molecular weight excluding hydrogens is 194 g/mol. The van der Waals surface area contributed by atoms with Crippen LogP contribution in [0.15, 0.2) is 0 Å². The summed E-state index contributed by atoms with van der Waals surface area (Å²) in [5.41, 5.74) is 0. The molecule has 0 heterocycles. The van der Waals surface area contributed by atoms with Crippen molar-refractivity contribution in [2.45, 2.75) is 45.1 Å². The maximum atomic E-state index is 13.0. The third-order valence-corrected chi connectivity index (χ3v) is 3.07. The third kappa shape index (κ3) is 4.21. The molecule has 0 bridgehead atoms. The molecule has 1 aliphatic carbocycles. The normalized spacial score (nSPS) is 23.2. The highest BCUT2D eigenvalue weighted by Crippen LogP contribution is 2.52. The van der Waals surface area contributed by atoms with Crippen LogP contribution < -0.4 is 0 Å². The highest BCUT2D eigenvalue weighted by molar-refractivity contribution is 7.48. The molecule has 1 atom stereocenters. The van der Waals surface area contributed by atoms with Gasteiger partial charge in [-0.05, 0) is 19.3 Å². The Morgan fingerprint density at radius 1 is 1.46 bits per heavy atom. The van der Waals surface area contributed by atoms with Crippen molar-refractivity contribution in [2.75, 3.05) is 6.61 Å². The van der Waals surface area contributed by atoms with E-state index in [1.165, 1.54) is 0 Å². The molecule has 3 nitrogen and oxygen atoms in total. The minimum absolute atomic E-state index is 0.153. The van der Waals surface area contributed by atoms with Gasteiger partial charge >= 0.3 is 7.91 Å². The molecular formula is C8H16FO3P. The predicted molar refractivity (Wildman–Crippen MR) is 48.3 cm³/mol. The van der Waals surface area contributed by atoms with Gasteiger partial charge in [0.1, 0.15) is 0 Å². The summed E-state index contributed by atoms with van der Waals surface area (Å²) < 4.78 is 33.3. The van der Waals surface area contributed by atoms with E-state index in [1.54, 1.807) is 0 Å². The fourth-order valence-electron chi connectivity index (χ4n) is 1.40. The Morgan fingerprint density at radius 2 is 2.08 bits per heavy atom. The molecule has 0 aromatic rings. The van der Waals surface area contributed by atoms with Crippen LogP contribution in [0.4, 0.5) is 4.20 Å². The van der Waals surface area contributed by atoms with E-state index in [9.17, 15) is 8.76 Å². The molecule has 0 aromatic carbocycles. The van der Waals surface area contributed by atoms with E-state index in [0.29, 0.717) is 6.42 Å². The summed E-state index contributed by atoms with van der Waals surface area (Å²) in [4.78, 5) is 0. The lowest BCUT2D eigenvalue weighted by molar-refractivity contribution is 0.127. The topological polar surface area (TPSA) is 35.5 Å². The zero-order valence-corrected chi connectivity index (χ0v) is 8.76. The Hall–Kier alpha value is 0.0800. The maximum Gasteiger partial charge on any atom is 0.513 e. The molecule has 5 heteroatoms. The molecule has 1 unspecified atom stereocenters. The largest absolute Gasteiger partial charge is 0.513 e. The van der Waals surface area contributed by atoms with Gasteiger partial charge in [-0.25, -0.2) is 4.57 Å². The number of rotatable bonds is 5. The van der Waals surface area contributed by atoms with Crippen LogP contribution in [-0.2, 0) is 13.6 Å². The monoisotopic (exact) mass is 210 g/mol. The van der Waals surface area contributed by atoms with Crippen LogP contribution in [0, 0.1) is 0 Å². The summed E-state index contributed by atoms with van der Waals surface area (Å²) in [5.74, 6) is 0. The zero-order valence-electron chi connectivity index (χ0n) is 7.87. The van der Waals surface area contributed by atoms with Gasteiger partial charge in [0.2, 0.25) is 0 Å². The van der Waals surface area contributed by atoms with Crippen LogP contribution in [0.2, 0.25) is 0 Å². The van der Waals surface area contributed by atoms with Crippen molar-refractivity contribution in [3.63, 3.8) is 0 Å². The second kappa shape index (κ2) is 5.08. The first-order valence-electron chi connectivity index (χ1n) is 4.76. The van der Waals surface area contributed by atoms with Gasteiger partial charge in [-0.15, -0.1) is 4.20 Å². The van der Waals surface area contributed by atoms with Crippen LogP contribution in [0.3, 0.4) is 0 Å². The molecule has 1 aliphatic rings. The van der Waals surface area contributed by atoms with Gasteiger partial charge in [-0.1, -0.05) is 19.8 Å². The number of hydrogen-bond acceptors (Lipinski definition) is 3. The van der Waals surface area contributed by atoms with Crippen LogP contribution in [0.25, 0.3) is 0 Å². The second-order valence-electron chi connectivity index (χ2n) is 3.28. The summed E-state index contributed by atoms with van der Waals surface area (Å²) in [5, 5.41) is 0. The average Bonchev–Trinajstić information content (AvgIpc) is 2.52. The van der Waals surface area contributed by atoms with Gasteiger partial charge in [0, 0.05) is 0 Å². The van der Waals surface area contributed by atoms with Crippen molar-refractivity contribution in [1.82, 2.24) is 0 Å². The molecule has 0 spiro atoms. The predicted octanol–water partition coefficient (Wildman–Crippen LogP) is 3.45. The summed E-state index contributed by atoms with van der Waals surface area (Å²) in [7, 11) is -4.26. The van der Waals surface area contributed by atoms with Crippen LogP contribution in [-0.4, -0.2) is 12.7 Å². The minimum atomic E-state index is -4.26. The van der Waals surface area contributed by atoms with Gasteiger partial charge in [0.25, 0.3) is 0 Å². The molecule has 1 rings (SSSR count). The minimum Gasteiger partial charge on any atom is -0.284 e. The van der Waals surface area contributed by atoms with Crippen molar-refractivity contribution in [2.24, 2.45) is 0 Å². The fraction of sp³-hybridized carbons (Fsp3) is 1.00. The summed E-state index contributed by atoms with van der Waals surface area (Å²) in [6.07, 6.45) is 4.08. The SMILES string of the molecule is CCCOP(=O)(F)OC1CCCC1. The Morgan fingerprint density at radius 3 is 2.62 bits per heavy atom. The molecule has 1 fully saturated rings. The van der Waals surface area contributed by atoms with Gasteiger partial charge in [-0.3, -0.25) is 9.05 Å². The average molecular weight is 210 g/mol. The molecule has 0 saturated heterocycles. The highest BCUT2D eigenvalue weighted by Gasteiger charge is 2.30. The molecule has 0 N–H and O–H groups in total. The van der Waals surface area contributed by atoms with Crippen molar-refractivity contribution < 1.29 is 17.8 Å². The van der Waals surface area contributed by atoms with Crippen molar-refractivity contribution in [3.05, 3.63) is 0 Å². The number of halogens is 1. The van der Waals surface area contributed by atoms with Gasteiger partial charge < -0.3 is 0 Å². The Labute approximate surface area is 78.3 Å². The lowest BCUT2D eigenvalue weighted by Crippen LogP contribution is -2.05. The van der Waals surface area contributed by atoms with E-state index in [4.69, 9.17) is 4.52 Å². The Kier molecular flexibility index (Phi) is 4.36. The molecule has 78 valence electrons. The molecule has 0 aliphatic heterocycles. The quantitative estimate of drug-likeness (QED) is 0.652. The summed E-state index contributed by atoms with van der Waals surface area (Å²) >= 11 is 0. The standard InChI is InChI=1S/C8H16FO3P/c1-2-7-11-13(9,10)12-8-5-3-4-6-8/h8H,2-7H2,1H3. The molecule has 1 saturated carbocycles. The fourth-order valence-corrected chi connectivity index (χ4v) is 2.43. The van der Waals surface area contributed by atoms with E-state index < -0.39 is 7.91 Å². The van der Waals surface area contributed by atoms with E-state index in [1.807, 2.05) is 6.92 Å². The van der Waals surface area contributed by atoms with E-state index in [0.717, 1.165) is 25.7 Å². The van der Waals surface area contributed by atoms with Crippen molar-refractivity contribution in [1.29, 1.82) is 0 Å². The summed E-state index contributed by atoms with van der Waals surface area (Å²) in [6.45, 7) is 1.98. The molecule has 13 heavy (non-hydrogen) atoms. The second-order valence-corrected chi connectivity index (χ2v) is 4.61. The number of hydrogen-bond donors (Lipinski definition) is 0. The van der Waals surface area contributed by atoms with E-state index in [2.05, 4.69) is 4.52 Å². The van der Waals surface area contributed by atoms with E-state index >= 15 is 0 Å². The maximum absolute atomic E-state index is 13.0. The molecule has 0 amide bonds. The molecule has 0 aromatic heterocycles. The van der Waals surface area contributed by atoms with Crippen LogP contribution in [0.1, 0.15) is 39.0 Å². The van der Waals surface area contributed by atoms with Gasteiger partial charge in [0.05, 0.1) is 12.7 Å². The van der Waals surface area contributed by atoms with E-state index in [-0.39, 0.29) is 12.7 Å². The lowest BCUT2D eigenvalue weighted by Gasteiger charge is -2.13. The smallest absolute Gasteiger partial charge is 0.284 e. The van der Waals surface area contributed by atoms with Crippen LogP contribution >= 0.6 is 7.91 Å². The van der Waals surface area contributed by atoms with Crippen molar-refractivity contribution >= 4 is 7.91 Å². The zero-order chi connectivity index (χ0) is 9.73. The lowest BCUT2D eigenvalue weighted by atomic mass is 10.3.